The Hall–Kier alpha value is -2.73. The van der Waals surface area contributed by atoms with Crippen molar-refractivity contribution < 1.29 is 13.6 Å². The van der Waals surface area contributed by atoms with Crippen LogP contribution in [0.3, 0.4) is 0 Å². The second-order valence-corrected chi connectivity index (χ2v) is 7.31. The topological polar surface area (TPSA) is 26.8 Å². The summed E-state index contributed by atoms with van der Waals surface area (Å²) >= 11 is 0. The van der Waals surface area contributed by atoms with Gasteiger partial charge in [0, 0.05) is 32.2 Å². The van der Waals surface area contributed by atoms with Crippen molar-refractivity contribution >= 4 is 11.6 Å². The predicted octanol–water partition coefficient (Wildman–Crippen LogP) is 4.02. The summed E-state index contributed by atoms with van der Waals surface area (Å²) in [5.41, 5.74) is 1.75. The highest BCUT2D eigenvalue weighted by atomic mass is 19.1. The van der Waals surface area contributed by atoms with E-state index in [0.29, 0.717) is 12.1 Å². The molecule has 0 bridgehead atoms. The summed E-state index contributed by atoms with van der Waals surface area (Å²) in [5, 5.41) is 0. The first-order chi connectivity index (χ1) is 13.4. The molecule has 0 N–H and O–H groups in total. The van der Waals surface area contributed by atoms with Crippen LogP contribution in [0.15, 0.2) is 54.6 Å². The SMILES string of the molecule is CN(C)CCN(C)C(=O)N1CC(c2cc(F)ccc2F)=CC1c1ccccc1. The van der Waals surface area contributed by atoms with E-state index in [0.717, 1.165) is 24.2 Å². The molecule has 2 aromatic rings. The first kappa shape index (κ1) is 20.0. The van der Waals surface area contributed by atoms with Crippen LogP contribution in [-0.2, 0) is 0 Å². The number of carbonyl (C=O) groups is 1. The third-order valence-electron chi connectivity index (χ3n) is 4.91. The van der Waals surface area contributed by atoms with Gasteiger partial charge in [0.05, 0.1) is 6.04 Å². The first-order valence-electron chi connectivity index (χ1n) is 9.24. The summed E-state index contributed by atoms with van der Waals surface area (Å²) in [6.45, 7) is 1.55. The zero-order valence-corrected chi connectivity index (χ0v) is 16.4. The number of hydrogen-bond acceptors (Lipinski definition) is 2. The van der Waals surface area contributed by atoms with Gasteiger partial charge in [-0.25, -0.2) is 13.6 Å². The van der Waals surface area contributed by atoms with E-state index < -0.39 is 11.6 Å². The number of carbonyl (C=O) groups excluding carboxylic acids is 1. The Bertz CT molecular complexity index is 867. The van der Waals surface area contributed by atoms with E-state index in [1.807, 2.05) is 55.4 Å². The lowest BCUT2D eigenvalue weighted by Crippen LogP contribution is -2.43. The van der Waals surface area contributed by atoms with Crippen LogP contribution in [0, 0.1) is 11.6 Å². The first-order valence-corrected chi connectivity index (χ1v) is 9.24. The van der Waals surface area contributed by atoms with Gasteiger partial charge in [0.25, 0.3) is 0 Å². The molecule has 28 heavy (non-hydrogen) atoms. The van der Waals surface area contributed by atoms with Crippen LogP contribution < -0.4 is 0 Å². The fourth-order valence-electron chi connectivity index (χ4n) is 3.31. The fraction of sp³-hybridized carbons (Fsp3) is 0.318. The number of rotatable bonds is 5. The highest BCUT2D eigenvalue weighted by Crippen LogP contribution is 2.36. The van der Waals surface area contributed by atoms with Gasteiger partial charge in [0.1, 0.15) is 11.6 Å². The molecule has 1 unspecified atom stereocenters. The van der Waals surface area contributed by atoms with E-state index in [1.165, 1.54) is 6.07 Å². The number of amides is 2. The molecule has 1 atom stereocenters. The summed E-state index contributed by atoms with van der Waals surface area (Å²) in [5.74, 6) is -0.990. The average molecular weight is 385 g/mol. The summed E-state index contributed by atoms with van der Waals surface area (Å²) in [4.78, 5) is 18.5. The van der Waals surface area contributed by atoms with Crippen molar-refractivity contribution in [3.05, 3.63) is 77.4 Å². The van der Waals surface area contributed by atoms with Gasteiger partial charge < -0.3 is 14.7 Å². The Morgan fingerprint density at radius 1 is 1.07 bits per heavy atom. The third-order valence-corrected chi connectivity index (χ3v) is 4.91. The standard InChI is InChI=1S/C22H25F2N3O/c1-25(2)11-12-26(3)22(28)27-15-17(19-14-18(23)9-10-20(19)24)13-21(27)16-7-5-4-6-8-16/h4-10,13-14,21H,11-12,15H2,1-3H3. The lowest BCUT2D eigenvalue weighted by atomic mass is 10.0. The van der Waals surface area contributed by atoms with Gasteiger partial charge in [0.15, 0.2) is 0 Å². The number of hydrogen-bond donors (Lipinski definition) is 0. The van der Waals surface area contributed by atoms with Crippen LogP contribution in [0.5, 0.6) is 0 Å². The maximum Gasteiger partial charge on any atom is 0.320 e. The van der Waals surface area contributed by atoms with Gasteiger partial charge >= 0.3 is 6.03 Å². The Labute approximate surface area is 164 Å². The van der Waals surface area contributed by atoms with Crippen LogP contribution in [0.25, 0.3) is 5.57 Å². The van der Waals surface area contributed by atoms with Crippen molar-refractivity contribution in [1.82, 2.24) is 14.7 Å². The van der Waals surface area contributed by atoms with E-state index in [2.05, 4.69) is 0 Å². The van der Waals surface area contributed by atoms with Gasteiger partial charge in [-0.3, -0.25) is 0 Å². The van der Waals surface area contributed by atoms with Gasteiger partial charge in [-0.05, 0) is 43.4 Å². The van der Waals surface area contributed by atoms with Crippen LogP contribution in [0.4, 0.5) is 13.6 Å². The minimum Gasteiger partial charge on any atom is -0.326 e. The van der Waals surface area contributed by atoms with Crippen LogP contribution >= 0.6 is 0 Å². The molecule has 2 aromatic carbocycles. The summed E-state index contributed by atoms with van der Waals surface area (Å²) in [7, 11) is 5.66. The molecule has 1 heterocycles. The Kier molecular flexibility index (Phi) is 6.09. The smallest absolute Gasteiger partial charge is 0.320 e. The van der Waals surface area contributed by atoms with Crippen molar-refractivity contribution in [2.24, 2.45) is 0 Å². The van der Waals surface area contributed by atoms with Crippen LogP contribution in [0.1, 0.15) is 17.2 Å². The van der Waals surface area contributed by atoms with E-state index in [-0.39, 0.29) is 24.2 Å². The Morgan fingerprint density at radius 3 is 2.46 bits per heavy atom. The quantitative estimate of drug-likeness (QED) is 0.777. The van der Waals surface area contributed by atoms with Crippen LogP contribution in [0.2, 0.25) is 0 Å². The molecule has 2 amide bonds. The molecule has 0 aliphatic carbocycles. The summed E-state index contributed by atoms with van der Waals surface area (Å²) in [6, 6.07) is 12.5. The lowest BCUT2D eigenvalue weighted by Gasteiger charge is -2.30. The number of halogens is 2. The highest BCUT2D eigenvalue weighted by Gasteiger charge is 2.33. The van der Waals surface area contributed by atoms with E-state index in [1.54, 1.807) is 16.8 Å². The number of nitrogens with zero attached hydrogens (tertiary/aromatic N) is 3. The monoisotopic (exact) mass is 385 g/mol. The molecular formula is C22H25F2N3O. The van der Waals surface area contributed by atoms with Gasteiger partial charge in [-0.2, -0.15) is 0 Å². The molecule has 3 rings (SSSR count). The Morgan fingerprint density at radius 2 is 1.79 bits per heavy atom. The number of likely N-dealkylation sites (N-methyl/N-ethyl adjacent to an activating group) is 2. The minimum absolute atomic E-state index is 0.140. The fourth-order valence-corrected chi connectivity index (χ4v) is 3.31. The highest BCUT2D eigenvalue weighted by molar-refractivity contribution is 5.82. The molecule has 0 saturated carbocycles. The molecular weight excluding hydrogens is 360 g/mol. The second kappa shape index (κ2) is 8.52. The van der Waals surface area contributed by atoms with E-state index in [9.17, 15) is 13.6 Å². The molecule has 0 aromatic heterocycles. The van der Waals surface area contributed by atoms with E-state index in [4.69, 9.17) is 0 Å². The summed E-state index contributed by atoms with van der Waals surface area (Å²) < 4.78 is 28.0. The van der Waals surface area contributed by atoms with Gasteiger partial charge in [0.2, 0.25) is 0 Å². The molecule has 4 nitrogen and oxygen atoms in total. The zero-order chi connectivity index (χ0) is 20.3. The summed E-state index contributed by atoms with van der Waals surface area (Å²) in [6.07, 6.45) is 1.85. The van der Waals surface area contributed by atoms with Crippen molar-refractivity contribution in [3.63, 3.8) is 0 Å². The largest absolute Gasteiger partial charge is 0.326 e. The van der Waals surface area contributed by atoms with Crippen molar-refractivity contribution in [3.8, 4) is 0 Å². The minimum atomic E-state index is -0.499. The van der Waals surface area contributed by atoms with Crippen molar-refractivity contribution in [1.29, 1.82) is 0 Å². The normalized spacial score (nSPS) is 16.4. The molecule has 0 fully saturated rings. The molecule has 0 saturated heterocycles. The van der Waals surface area contributed by atoms with E-state index >= 15 is 0 Å². The molecule has 1 aliphatic rings. The average Bonchev–Trinajstić information content (AvgIpc) is 3.13. The maximum atomic E-state index is 14.3. The lowest BCUT2D eigenvalue weighted by molar-refractivity contribution is 0.158. The molecule has 6 heteroatoms. The molecule has 1 aliphatic heterocycles. The number of benzene rings is 2. The zero-order valence-electron chi connectivity index (χ0n) is 16.4. The number of urea groups is 1. The second-order valence-electron chi connectivity index (χ2n) is 7.31. The van der Waals surface area contributed by atoms with Crippen LogP contribution in [-0.4, -0.2) is 61.5 Å². The van der Waals surface area contributed by atoms with Gasteiger partial charge in [-0.1, -0.05) is 36.4 Å². The molecule has 0 radical (unpaired) electrons. The van der Waals surface area contributed by atoms with Crippen molar-refractivity contribution in [2.45, 2.75) is 6.04 Å². The predicted molar refractivity (Wildman–Crippen MR) is 107 cm³/mol. The molecule has 0 spiro atoms. The third kappa shape index (κ3) is 4.39. The van der Waals surface area contributed by atoms with Gasteiger partial charge in [-0.15, -0.1) is 0 Å². The Balaban J connectivity index is 1.91. The maximum absolute atomic E-state index is 14.3. The molecule has 148 valence electrons. The van der Waals surface area contributed by atoms with Crippen molar-refractivity contribution in [2.75, 3.05) is 40.8 Å².